The summed E-state index contributed by atoms with van der Waals surface area (Å²) >= 11 is 0. The van der Waals surface area contributed by atoms with Gasteiger partial charge in [0.15, 0.2) is 5.96 Å². The molecule has 23 heavy (non-hydrogen) atoms. The lowest BCUT2D eigenvalue weighted by molar-refractivity contribution is 0.242. The summed E-state index contributed by atoms with van der Waals surface area (Å²) in [5, 5.41) is 7.48. The number of hydrogen-bond acceptors (Lipinski definition) is 3. The van der Waals surface area contributed by atoms with Crippen molar-refractivity contribution in [3.8, 4) is 5.75 Å². The maximum Gasteiger partial charge on any atom is 0.193 e. The third-order valence-corrected chi connectivity index (χ3v) is 3.24. The standard InChI is InChI=1S/C17H25N5O/c1-5-16-13(11-22(4)21-16)10-19-17(18)20-14-6-8-15(9-7-14)23-12(2)3/h6-9,11-12H,5,10H2,1-4H3,(H3,18,19,20). The van der Waals surface area contributed by atoms with E-state index in [1.807, 2.05) is 51.4 Å². The molecule has 124 valence electrons. The molecule has 0 bridgehead atoms. The van der Waals surface area contributed by atoms with Crippen molar-refractivity contribution >= 4 is 11.6 Å². The SMILES string of the molecule is CCc1nn(C)cc1CN=C(N)Nc1ccc(OC(C)C)cc1. The highest BCUT2D eigenvalue weighted by Gasteiger charge is 2.05. The van der Waals surface area contributed by atoms with E-state index in [2.05, 4.69) is 22.3 Å². The zero-order valence-corrected chi connectivity index (χ0v) is 14.2. The van der Waals surface area contributed by atoms with Crippen LogP contribution in [0.25, 0.3) is 0 Å². The number of aromatic nitrogens is 2. The van der Waals surface area contributed by atoms with Crippen LogP contribution in [0.1, 0.15) is 32.0 Å². The number of anilines is 1. The summed E-state index contributed by atoms with van der Waals surface area (Å²) in [4.78, 5) is 4.38. The molecule has 1 aromatic heterocycles. The molecule has 0 spiro atoms. The first kappa shape index (κ1) is 16.9. The second-order valence-corrected chi connectivity index (χ2v) is 5.65. The monoisotopic (exact) mass is 315 g/mol. The van der Waals surface area contributed by atoms with Gasteiger partial charge < -0.3 is 15.8 Å². The van der Waals surface area contributed by atoms with E-state index >= 15 is 0 Å². The molecule has 0 radical (unpaired) electrons. The van der Waals surface area contributed by atoms with Crippen LogP contribution in [0.5, 0.6) is 5.75 Å². The zero-order valence-electron chi connectivity index (χ0n) is 14.2. The Morgan fingerprint density at radius 3 is 2.65 bits per heavy atom. The van der Waals surface area contributed by atoms with Gasteiger partial charge in [-0.05, 0) is 44.5 Å². The van der Waals surface area contributed by atoms with Crippen molar-refractivity contribution in [1.82, 2.24) is 9.78 Å². The summed E-state index contributed by atoms with van der Waals surface area (Å²) in [7, 11) is 1.91. The van der Waals surface area contributed by atoms with Crippen LogP contribution < -0.4 is 15.8 Å². The summed E-state index contributed by atoms with van der Waals surface area (Å²) in [6.07, 6.45) is 3.02. The molecule has 0 unspecified atom stereocenters. The molecule has 1 heterocycles. The average Bonchev–Trinajstić information content (AvgIpc) is 2.87. The first-order valence-electron chi connectivity index (χ1n) is 7.83. The zero-order chi connectivity index (χ0) is 16.8. The van der Waals surface area contributed by atoms with Crippen molar-refractivity contribution in [2.24, 2.45) is 17.8 Å². The number of ether oxygens (including phenoxy) is 1. The highest BCUT2D eigenvalue weighted by molar-refractivity contribution is 5.92. The Morgan fingerprint density at radius 2 is 2.04 bits per heavy atom. The third-order valence-electron chi connectivity index (χ3n) is 3.24. The van der Waals surface area contributed by atoms with Crippen LogP contribution in [0.15, 0.2) is 35.5 Å². The van der Waals surface area contributed by atoms with Gasteiger partial charge in [0.2, 0.25) is 0 Å². The van der Waals surface area contributed by atoms with Gasteiger partial charge >= 0.3 is 0 Å². The van der Waals surface area contributed by atoms with Gasteiger partial charge in [-0.15, -0.1) is 0 Å². The minimum absolute atomic E-state index is 0.160. The van der Waals surface area contributed by atoms with E-state index in [1.165, 1.54) is 0 Å². The molecule has 0 atom stereocenters. The quantitative estimate of drug-likeness (QED) is 0.634. The number of aliphatic imine (C=N–C) groups is 1. The van der Waals surface area contributed by atoms with Gasteiger partial charge in [0.1, 0.15) is 5.75 Å². The van der Waals surface area contributed by atoms with Gasteiger partial charge in [-0.2, -0.15) is 5.10 Å². The van der Waals surface area contributed by atoms with Crippen LogP contribution in [-0.4, -0.2) is 21.8 Å². The largest absolute Gasteiger partial charge is 0.491 e. The lowest BCUT2D eigenvalue weighted by Gasteiger charge is -2.10. The highest BCUT2D eigenvalue weighted by Crippen LogP contribution is 2.16. The van der Waals surface area contributed by atoms with Crippen molar-refractivity contribution in [3.05, 3.63) is 41.7 Å². The van der Waals surface area contributed by atoms with Gasteiger partial charge in [0.25, 0.3) is 0 Å². The van der Waals surface area contributed by atoms with Gasteiger partial charge in [-0.1, -0.05) is 6.92 Å². The third kappa shape index (κ3) is 5.02. The molecule has 2 aromatic rings. The predicted octanol–water partition coefficient (Wildman–Crippen LogP) is 2.70. The molecule has 0 saturated heterocycles. The Hall–Kier alpha value is -2.50. The Labute approximate surface area is 137 Å². The van der Waals surface area contributed by atoms with Gasteiger partial charge in [-0.3, -0.25) is 4.68 Å². The average molecular weight is 315 g/mol. The van der Waals surface area contributed by atoms with E-state index in [-0.39, 0.29) is 6.10 Å². The molecule has 6 nitrogen and oxygen atoms in total. The van der Waals surface area contributed by atoms with Crippen LogP contribution in [-0.2, 0) is 20.0 Å². The van der Waals surface area contributed by atoms with E-state index in [0.29, 0.717) is 12.5 Å². The number of rotatable bonds is 6. The maximum atomic E-state index is 5.95. The minimum atomic E-state index is 0.160. The molecule has 0 aliphatic heterocycles. The van der Waals surface area contributed by atoms with Crippen molar-refractivity contribution in [1.29, 1.82) is 0 Å². The lowest BCUT2D eigenvalue weighted by atomic mass is 10.2. The summed E-state index contributed by atoms with van der Waals surface area (Å²) < 4.78 is 7.42. The Kier molecular flexibility index (Phi) is 5.62. The van der Waals surface area contributed by atoms with Crippen molar-refractivity contribution in [2.75, 3.05) is 5.32 Å². The van der Waals surface area contributed by atoms with Crippen molar-refractivity contribution in [2.45, 2.75) is 39.8 Å². The number of hydrogen-bond donors (Lipinski definition) is 2. The Morgan fingerprint density at radius 1 is 1.35 bits per heavy atom. The fourth-order valence-electron chi connectivity index (χ4n) is 2.26. The molecular weight excluding hydrogens is 290 g/mol. The number of guanidine groups is 1. The molecule has 0 saturated carbocycles. The molecule has 2 rings (SSSR count). The number of nitrogens with one attached hydrogen (secondary N) is 1. The Balaban J connectivity index is 1.96. The smallest absolute Gasteiger partial charge is 0.193 e. The van der Waals surface area contributed by atoms with Crippen LogP contribution >= 0.6 is 0 Å². The van der Waals surface area contributed by atoms with Gasteiger partial charge in [0.05, 0.1) is 18.3 Å². The number of aryl methyl sites for hydroxylation is 2. The van der Waals surface area contributed by atoms with Crippen LogP contribution in [0.3, 0.4) is 0 Å². The summed E-state index contributed by atoms with van der Waals surface area (Å²) in [6.45, 7) is 6.60. The van der Waals surface area contributed by atoms with E-state index in [1.54, 1.807) is 4.68 Å². The summed E-state index contributed by atoms with van der Waals surface area (Å²) in [6, 6.07) is 7.65. The number of nitrogens with zero attached hydrogens (tertiary/aromatic N) is 3. The molecule has 6 heteroatoms. The van der Waals surface area contributed by atoms with E-state index in [9.17, 15) is 0 Å². The molecule has 3 N–H and O–H groups in total. The van der Waals surface area contributed by atoms with E-state index in [0.717, 1.165) is 29.1 Å². The predicted molar refractivity (Wildman–Crippen MR) is 93.7 cm³/mol. The first-order chi connectivity index (χ1) is 11.0. The molecular formula is C17H25N5O. The number of benzene rings is 1. The highest BCUT2D eigenvalue weighted by atomic mass is 16.5. The second-order valence-electron chi connectivity index (χ2n) is 5.65. The minimum Gasteiger partial charge on any atom is -0.491 e. The molecule has 0 aliphatic carbocycles. The normalized spacial score (nSPS) is 11.8. The molecule has 0 amide bonds. The van der Waals surface area contributed by atoms with Crippen LogP contribution in [0.2, 0.25) is 0 Å². The Bertz CT molecular complexity index is 658. The van der Waals surface area contributed by atoms with Gasteiger partial charge in [0, 0.05) is 24.5 Å². The molecule has 1 aromatic carbocycles. The maximum absolute atomic E-state index is 5.95. The summed E-state index contributed by atoms with van der Waals surface area (Å²) in [5.41, 5.74) is 8.98. The topological polar surface area (TPSA) is 77.5 Å². The van der Waals surface area contributed by atoms with Crippen LogP contribution in [0.4, 0.5) is 5.69 Å². The van der Waals surface area contributed by atoms with Crippen molar-refractivity contribution < 1.29 is 4.74 Å². The summed E-state index contributed by atoms with van der Waals surface area (Å²) in [5.74, 6) is 1.22. The molecule has 0 fully saturated rings. The second kappa shape index (κ2) is 7.67. The van der Waals surface area contributed by atoms with E-state index < -0.39 is 0 Å². The van der Waals surface area contributed by atoms with Crippen LogP contribution in [0, 0.1) is 0 Å². The fourth-order valence-corrected chi connectivity index (χ4v) is 2.26. The van der Waals surface area contributed by atoms with Gasteiger partial charge in [-0.25, -0.2) is 4.99 Å². The fraction of sp³-hybridized carbons (Fsp3) is 0.412. The molecule has 0 aliphatic rings. The van der Waals surface area contributed by atoms with Crippen molar-refractivity contribution in [3.63, 3.8) is 0 Å². The first-order valence-corrected chi connectivity index (χ1v) is 7.83. The number of nitrogens with two attached hydrogens (primary N) is 1. The lowest BCUT2D eigenvalue weighted by Crippen LogP contribution is -2.22. The van der Waals surface area contributed by atoms with E-state index in [4.69, 9.17) is 10.5 Å².